The molecule has 0 unspecified atom stereocenters. The first kappa shape index (κ1) is 15.9. The van der Waals surface area contributed by atoms with Gasteiger partial charge in [-0.25, -0.2) is 4.98 Å². The van der Waals surface area contributed by atoms with Crippen LogP contribution in [0.5, 0.6) is 5.75 Å². The number of aromatic hydroxyl groups is 1. The molecule has 3 aromatic rings. The third-order valence-electron chi connectivity index (χ3n) is 3.08. The Hall–Kier alpha value is -1.93. The van der Waals surface area contributed by atoms with E-state index in [2.05, 4.69) is 46.7 Å². The Balaban J connectivity index is 1.73. The van der Waals surface area contributed by atoms with Crippen molar-refractivity contribution < 1.29 is 5.11 Å². The van der Waals surface area contributed by atoms with Crippen LogP contribution in [-0.4, -0.2) is 30.3 Å². The molecule has 120 valence electrons. The minimum Gasteiger partial charge on any atom is -0.508 e. The van der Waals surface area contributed by atoms with Crippen molar-refractivity contribution in [3.05, 3.63) is 40.3 Å². The number of rotatable bonds is 4. The third-order valence-corrected chi connectivity index (χ3v) is 5.35. The Labute approximate surface area is 142 Å². The van der Waals surface area contributed by atoms with Crippen molar-refractivity contribution in [3.63, 3.8) is 0 Å². The van der Waals surface area contributed by atoms with Crippen LogP contribution in [0.1, 0.15) is 31.5 Å². The molecule has 0 saturated heterocycles. The summed E-state index contributed by atoms with van der Waals surface area (Å²) in [6, 6.07) is 6.77. The van der Waals surface area contributed by atoms with E-state index in [-0.39, 0.29) is 11.2 Å². The Morgan fingerprint density at radius 3 is 2.61 bits per heavy atom. The minimum absolute atomic E-state index is 0.0706. The molecule has 2 aromatic heterocycles. The lowest BCUT2D eigenvalue weighted by atomic mass is 9.98. The molecule has 0 aliphatic carbocycles. The first-order chi connectivity index (χ1) is 10.9. The number of tetrazole rings is 1. The number of thioether (sulfide) groups is 1. The molecule has 0 atom stereocenters. The molecule has 0 aliphatic heterocycles. The summed E-state index contributed by atoms with van der Waals surface area (Å²) in [6.07, 6.45) is 0. The lowest BCUT2D eigenvalue weighted by molar-refractivity contribution is 0.475. The van der Waals surface area contributed by atoms with Crippen LogP contribution in [0.3, 0.4) is 0 Å². The molecule has 3 rings (SSSR count). The van der Waals surface area contributed by atoms with Gasteiger partial charge in [-0.1, -0.05) is 32.5 Å². The number of nitrogens with zero attached hydrogens (tertiary/aromatic N) is 5. The van der Waals surface area contributed by atoms with Crippen molar-refractivity contribution in [1.29, 1.82) is 0 Å². The van der Waals surface area contributed by atoms with E-state index in [4.69, 9.17) is 0 Å². The normalized spacial score (nSPS) is 11.8. The Kier molecular flexibility index (Phi) is 4.36. The van der Waals surface area contributed by atoms with E-state index in [0.717, 1.165) is 16.4 Å². The Bertz CT molecular complexity index is 789. The first-order valence-electron chi connectivity index (χ1n) is 7.09. The van der Waals surface area contributed by atoms with Crippen molar-refractivity contribution in [2.75, 3.05) is 0 Å². The van der Waals surface area contributed by atoms with Crippen molar-refractivity contribution in [2.45, 2.75) is 37.1 Å². The summed E-state index contributed by atoms with van der Waals surface area (Å²) in [4.78, 5) is 4.68. The number of hydrogen-bond acceptors (Lipinski definition) is 7. The van der Waals surface area contributed by atoms with Crippen LogP contribution in [0, 0.1) is 0 Å². The predicted octanol–water partition coefficient (Wildman–Crippen LogP) is 3.41. The second-order valence-corrected chi connectivity index (χ2v) is 7.87. The highest BCUT2D eigenvalue weighted by molar-refractivity contribution is 7.98. The van der Waals surface area contributed by atoms with Crippen molar-refractivity contribution >= 4 is 23.1 Å². The maximum absolute atomic E-state index is 9.37. The van der Waals surface area contributed by atoms with Gasteiger partial charge in [0.1, 0.15) is 5.75 Å². The van der Waals surface area contributed by atoms with E-state index in [9.17, 15) is 5.11 Å². The molecule has 0 saturated carbocycles. The zero-order valence-electron chi connectivity index (χ0n) is 13.1. The molecule has 6 nitrogen and oxygen atoms in total. The summed E-state index contributed by atoms with van der Waals surface area (Å²) in [7, 11) is 0. The number of phenols is 1. The molecule has 1 N–H and O–H groups in total. The molecule has 8 heteroatoms. The molecular formula is C15H17N5OS2. The van der Waals surface area contributed by atoms with Gasteiger partial charge in [-0.15, -0.1) is 16.4 Å². The highest BCUT2D eigenvalue weighted by Crippen LogP contribution is 2.28. The number of phenolic OH excluding ortho intramolecular Hbond substituents is 1. The van der Waals surface area contributed by atoms with Crippen LogP contribution >= 0.6 is 23.1 Å². The fraction of sp³-hybridized carbons (Fsp3) is 0.333. The highest BCUT2D eigenvalue weighted by atomic mass is 32.2. The van der Waals surface area contributed by atoms with Crippen LogP contribution in [0.15, 0.2) is 34.8 Å². The summed E-state index contributed by atoms with van der Waals surface area (Å²) in [5.74, 6) is 0.929. The minimum atomic E-state index is 0.0706. The van der Waals surface area contributed by atoms with Crippen LogP contribution in [-0.2, 0) is 11.2 Å². The van der Waals surface area contributed by atoms with Crippen molar-refractivity contribution in [3.8, 4) is 11.4 Å². The molecule has 1 aromatic carbocycles. The molecule has 0 amide bonds. The van der Waals surface area contributed by atoms with Crippen molar-refractivity contribution in [2.24, 2.45) is 0 Å². The van der Waals surface area contributed by atoms with Gasteiger partial charge in [-0.05, 0) is 34.7 Å². The van der Waals surface area contributed by atoms with Crippen LogP contribution < -0.4 is 0 Å². The summed E-state index contributed by atoms with van der Waals surface area (Å²) >= 11 is 3.22. The van der Waals surface area contributed by atoms with Gasteiger partial charge in [0.2, 0.25) is 5.16 Å². The van der Waals surface area contributed by atoms with E-state index in [1.54, 1.807) is 40.3 Å². The van der Waals surface area contributed by atoms with E-state index in [1.165, 1.54) is 11.8 Å². The molecule has 0 spiro atoms. The monoisotopic (exact) mass is 347 g/mol. The van der Waals surface area contributed by atoms with Crippen LogP contribution in [0.4, 0.5) is 0 Å². The molecule has 0 aliphatic rings. The number of aromatic nitrogens is 5. The van der Waals surface area contributed by atoms with Gasteiger partial charge in [0.15, 0.2) is 0 Å². The van der Waals surface area contributed by atoms with Gasteiger partial charge in [-0.3, -0.25) is 0 Å². The second-order valence-electron chi connectivity index (χ2n) is 6.07. The van der Waals surface area contributed by atoms with Gasteiger partial charge >= 0.3 is 0 Å². The molecular weight excluding hydrogens is 330 g/mol. The smallest absolute Gasteiger partial charge is 0.214 e. The van der Waals surface area contributed by atoms with E-state index in [0.29, 0.717) is 10.9 Å². The topological polar surface area (TPSA) is 76.7 Å². The zero-order valence-corrected chi connectivity index (χ0v) is 14.7. The summed E-state index contributed by atoms with van der Waals surface area (Å²) in [6.45, 7) is 6.48. The average Bonchev–Trinajstić information content (AvgIpc) is 3.14. The average molecular weight is 347 g/mol. The summed E-state index contributed by atoms with van der Waals surface area (Å²) < 4.78 is 1.65. The number of hydrogen-bond donors (Lipinski definition) is 1. The molecule has 2 heterocycles. The number of thiazole rings is 1. The summed E-state index contributed by atoms with van der Waals surface area (Å²) in [5.41, 5.74) is 1.91. The second kappa shape index (κ2) is 6.29. The van der Waals surface area contributed by atoms with Gasteiger partial charge in [0.05, 0.1) is 16.4 Å². The first-order valence-corrected chi connectivity index (χ1v) is 8.95. The fourth-order valence-corrected chi connectivity index (χ4v) is 3.68. The van der Waals surface area contributed by atoms with Crippen molar-refractivity contribution in [1.82, 2.24) is 25.2 Å². The van der Waals surface area contributed by atoms with Gasteiger partial charge in [0.25, 0.3) is 0 Å². The SMILES string of the molecule is CC(C)(C)c1nc(CSc2nnnn2-c2ccc(O)cc2)cs1. The van der Waals surface area contributed by atoms with Gasteiger partial charge in [-0.2, -0.15) is 4.68 Å². The molecule has 0 radical (unpaired) electrons. The maximum Gasteiger partial charge on any atom is 0.214 e. The van der Waals surface area contributed by atoms with E-state index in [1.807, 2.05) is 0 Å². The molecule has 0 bridgehead atoms. The molecule has 23 heavy (non-hydrogen) atoms. The predicted molar refractivity (Wildman–Crippen MR) is 91.2 cm³/mol. The molecule has 0 fully saturated rings. The van der Waals surface area contributed by atoms with E-state index >= 15 is 0 Å². The zero-order chi connectivity index (χ0) is 16.4. The summed E-state index contributed by atoms with van der Waals surface area (Å²) in [5, 5.41) is 25.1. The van der Waals surface area contributed by atoms with Gasteiger partial charge < -0.3 is 5.11 Å². The Morgan fingerprint density at radius 1 is 1.22 bits per heavy atom. The quantitative estimate of drug-likeness (QED) is 0.729. The standard InChI is InChI=1S/C15H17N5OS2/c1-15(2,3)13-16-10(8-22-13)9-23-14-17-18-19-20(14)11-4-6-12(21)7-5-11/h4-8,21H,9H2,1-3H3. The Morgan fingerprint density at radius 2 is 1.96 bits per heavy atom. The number of benzene rings is 1. The lowest BCUT2D eigenvalue weighted by Gasteiger charge is -2.13. The highest BCUT2D eigenvalue weighted by Gasteiger charge is 2.18. The largest absolute Gasteiger partial charge is 0.508 e. The maximum atomic E-state index is 9.37. The lowest BCUT2D eigenvalue weighted by Crippen LogP contribution is -2.10. The van der Waals surface area contributed by atoms with Crippen LogP contribution in [0.25, 0.3) is 5.69 Å². The van der Waals surface area contributed by atoms with Gasteiger partial charge in [0, 0.05) is 16.5 Å². The fourth-order valence-electron chi connectivity index (χ4n) is 1.88. The third kappa shape index (κ3) is 3.70. The van der Waals surface area contributed by atoms with E-state index < -0.39 is 0 Å². The van der Waals surface area contributed by atoms with Crippen LogP contribution in [0.2, 0.25) is 0 Å².